The minimum Gasteiger partial charge on any atom is -0.330 e. The second kappa shape index (κ2) is 17.1. The Hall–Kier alpha value is -0.0400. The Labute approximate surface area is 166 Å². The molecular formula is C25H51N. The minimum atomic E-state index is 0.820. The molecule has 0 aliphatic heterocycles. The van der Waals surface area contributed by atoms with E-state index in [-0.39, 0.29) is 0 Å². The summed E-state index contributed by atoms with van der Waals surface area (Å²) in [4.78, 5) is 0. The molecule has 3 atom stereocenters. The highest BCUT2D eigenvalue weighted by Gasteiger charge is 2.30. The van der Waals surface area contributed by atoms with Crippen molar-refractivity contribution in [3.63, 3.8) is 0 Å². The predicted octanol–water partition coefficient (Wildman–Crippen LogP) is 8.26. The average molecular weight is 366 g/mol. The zero-order chi connectivity index (χ0) is 18.9. The number of hydrogen-bond acceptors (Lipinski definition) is 1. The molecule has 0 amide bonds. The van der Waals surface area contributed by atoms with Gasteiger partial charge in [-0.15, -0.1) is 0 Å². The fourth-order valence-electron chi connectivity index (χ4n) is 5.03. The SMILES string of the molecule is CCCCCCCCCCCCCCCCCCC1CCC(CN)C1C. The van der Waals surface area contributed by atoms with Crippen LogP contribution in [0.3, 0.4) is 0 Å². The van der Waals surface area contributed by atoms with E-state index in [0.717, 1.165) is 24.3 Å². The molecule has 2 N–H and O–H groups in total. The molecule has 1 rings (SSSR count). The van der Waals surface area contributed by atoms with Crippen molar-refractivity contribution in [2.24, 2.45) is 23.5 Å². The molecule has 1 aliphatic carbocycles. The number of hydrogen-bond donors (Lipinski definition) is 1. The van der Waals surface area contributed by atoms with Crippen molar-refractivity contribution in [3.8, 4) is 0 Å². The molecule has 1 heteroatoms. The lowest BCUT2D eigenvalue weighted by molar-refractivity contribution is 0.320. The second-order valence-electron chi connectivity index (χ2n) is 9.28. The normalized spacial score (nSPS) is 23.0. The van der Waals surface area contributed by atoms with Crippen molar-refractivity contribution in [3.05, 3.63) is 0 Å². The maximum Gasteiger partial charge on any atom is -0.00462 e. The van der Waals surface area contributed by atoms with Crippen molar-refractivity contribution >= 4 is 0 Å². The van der Waals surface area contributed by atoms with Crippen LogP contribution >= 0.6 is 0 Å². The minimum absolute atomic E-state index is 0.820. The fraction of sp³-hybridized carbons (Fsp3) is 1.00. The molecule has 1 aliphatic rings. The summed E-state index contributed by atoms with van der Waals surface area (Å²) in [6, 6.07) is 0. The summed E-state index contributed by atoms with van der Waals surface area (Å²) in [5, 5.41) is 0. The molecular weight excluding hydrogens is 314 g/mol. The van der Waals surface area contributed by atoms with Crippen LogP contribution < -0.4 is 5.73 Å². The Morgan fingerprint density at radius 2 is 0.962 bits per heavy atom. The van der Waals surface area contributed by atoms with Gasteiger partial charge in [0.2, 0.25) is 0 Å². The van der Waals surface area contributed by atoms with Crippen molar-refractivity contribution in [2.45, 2.75) is 136 Å². The Balaban J connectivity index is 1.74. The molecule has 3 unspecified atom stereocenters. The lowest BCUT2D eigenvalue weighted by Crippen LogP contribution is -2.19. The lowest BCUT2D eigenvalue weighted by Gasteiger charge is -2.19. The van der Waals surface area contributed by atoms with Gasteiger partial charge < -0.3 is 5.73 Å². The second-order valence-corrected chi connectivity index (χ2v) is 9.28. The maximum atomic E-state index is 5.88. The van der Waals surface area contributed by atoms with Gasteiger partial charge in [0.05, 0.1) is 0 Å². The summed E-state index contributed by atoms with van der Waals surface area (Å²) in [6.07, 6.45) is 27.8. The largest absolute Gasteiger partial charge is 0.330 e. The highest BCUT2D eigenvalue weighted by atomic mass is 14.6. The Kier molecular flexibility index (Phi) is 15.8. The van der Waals surface area contributed by atoms with E-state index >= 15 is 0 Å². The van der Waals surface area contributed by atoms with Crippen LogP contribution in [0, 0.1) is 17.8 Å². The zero-order valence-corrected chi connectivity index (χ0v) is 18.5. The third-order valence-electron chi connectivity index (χ3n) is 7.13. The van der Waals surface area contributed by atoms with Gasteiger partial charge in [-0.1, -0.05) is 123 Å². The first-order valence-electron chi connectivity index (χ1n) is 12.5. The van der Waals surface area contributed by atoms with Gasteiger partial charge >= 0.3 is 0 Å². The molecule has 26 heavy (non-hydrogen) atoms. The van der Waals surface area contributed by atoms with E-state index in [4.69, 9.17) is 5.73 Å². The molecule has 1 fully saturated rings. The average Bonchev–Trinajstić information content (AvgIpc) is 3.01. The highest BCUT2D eigenvalue weighted by Crippen LogP contribution is 2.39. The van der Waals surface area contributed by atoms with E-state index in [9.17, 15) is 0 Å². The molecule has 0 aromatic heterocycles. The van der Waals surface area contributed by atoms with Crippen LogP contribution in [-0.2, 0) is 0 Å². The first-order chi connectivity index (χ1) is 12.8. The van der Waals surface area contributed by atoms with Gasteiger partial charge in [-0.25, -0.2) is 0 Å². The molecule has 0 spiro atoms. The maximum absolute atomic E-state index is 5.88. The van der Waals surface area contributed by atoms with E-state index in [0.29, 0.717) is 0 Å². The molecule has 0 saturated heterocycles. The Morgan fingerprint density at radius 3 is 1.35 bits per heavy atom. The van der Waals surface area contributed by atoms with Gasteiger partial charge in [0, 0.05) is 0 Å². The summed E-state index contributed by atoms with van der Waals surface area (Å²) >= 11 is 0. The van der Waals surface area contributed by atoms with Crippen LogP contribution in [0.2, 0.25) is 0 Å². The van der Waals surface area contributed by atoms with Gasteiger partial charge in [-0.2, -0.15) is 0 Å². The topological polar surface area (TPSA) is 26.0 Å². The summed E-state index contributed by atoms with van der Waals surface area (Å²) in [5.74, 6) is 2.69. The standard InChI is InChI=1S/C25H51N/c1-3-4-5-6-7-8-9-10-11-12-13-14-15-16-17-18-19-24-20-21-25(22-26)23(24)2/h23-25H,3-22,26H2,1-2H3. The molecule has 0 aromatic rings. The third kappa shape index (κ3) is 11.6. The van der Waals surface area contributed by atoms with Gasteiger partial charge in [0.25, 0.3) is 0 Å². The van der Waals surface area contributed by atoms with E-state index < -0.39 is 0 Å². The van der Waals surface area contributed by atoms with Crippen LogP contribution in [0.5, 0.6) is 0 Å². The van der Waals surface area contributed by atoms with Gasteiger partial charge in [0.1, 0.15) is 0 Å². The van der Waals surface area contributed by atoms with Crippen LogP contribution in [0.15, 0.2) is 0 Å². The Morgan fingerprint density at radius 1 is 0.577 bits per heavy atom. The van der Waals surface area contributed by atoms with Gasteiger partial charge in [-0.05, 0) is 37.1 Å². The third-order valence-corrected chi connectivity index (χ3v) is 7.13. The van der Waals surface area contributed by atoms with Crippen LogP contribution in [-0.4, -0.2) is 6.54 Å². The summed E-state index contributed by atoms with van der Waals surface area (Å²) in [7, 11) is 0. The Bertz CT molecular complexity index is 288. The zero-order valence-electron chi connectivity index (χ0n) is 18.5. The summed E-state index contributed by atoms with van der Waals surface area (Å²) in [5.41, 5.74) is 5.88. The molecule has 0 heterocycles. The van der Waals surface area contributed by atoms with Crippen molar-refractivity contribution in [1.29, 1.82) is 0 Å². The first kappa shape index (κ1) is 24.0. The van der Waals surface area contributed by atoms with Crippen LogP contribution in [0.1, 0.15) is 136 Å². The van der Waals surface area contributed by atoms with E-state index in [1.165, 1.54) is 122 Å². The van der Waals surface area contributed by atoms with E-state index in [1.54, 1.807) is 0 Å². The quantitative estimate of drug-likeness (QED) is 0.243. The van der Waals surface area contributed by atoms with Crippen molar-refractivity contribution < 1.29 is 0 Å². The molecule has 1 saturated carbocycles. The number of rotatable bonds is 18. The van der Waals surface area contributed by atoms with Gasteiger partial charge in [0.15, 0.2) is 0 Å². The van der Waals surface area contributed by atoms with E-state index in [2.05, 4.69) is 13.8 Å². The number of nitrogens with two attached hydrogens (primary N) is 1. The van der Waals surface area contributed by atoms with E-state index in [1.807, 2.05) is 0 Å². The van der Waals surface area contributed by atoms with Crippen molar-refractivity contribution in [1.82, 2.24) is 0 Å². The highest BCUT2D eigenvalue weighted by molar-refractivity contribution is 4.82. The summed E-state index contributed by atoms with van der Waals surface area (Å²) in [6.45, 7) is 5.66. The molecule has 0 aromatic carbocycles. The summed E-state index contributed by atoms with van der Waals surface area (Å²) < 4.78 is 0. The monoisotopic (exact) mass is 365 g/mol. The van der Waals surface area contributed by atoms with Crippen molar-refractivity contribution in [2.75, 3.05) is 6.54 Å². The molecule has 156 valence electrons. The molecule has 0 bridgehead atoms. The smallest absolute Gasteiger partial charge is 0.00462 e. The first-order valence-corrected chi connectivity index (χ1v) is 12.5. The van der Waals surface area contributed by atoms with Crippen LogP contribution in [0.4, 0.5) is 0 Å². The van der Waals surface area contributed by atoms with Gasteiger partial charge in [-0.3, -0.25) is 0 Å². The predicted molar refractivity (Wildman–Crippen MR) is 119 cm³/mol. The fourth-order valence-corrected chi connectivity index (χ4v) is 5.03. The van der Waals surface area contributed by atoms with Crippen LogP contribution in [0.25, 0.3) is 0 Å². The molecule has 0 radical (unpaired) electrons. The molecule has 1 nitrogen and oxygen atoms in total. The lowest BCUT2D eigenvalue weighted by atomic mass is 9.88. The number of unbranched alkanes of at least 4 members (excludes halogenated alkanes) is 15.